The average molecular weight is 288 g/mol. The van der Waals surface area contributed by atoms with Gasteiger partial charge in [-0.25, -0.2) is 0 Å². The summed E-state index contributed by atoms with van der Waals surface area (Å²) in [5.74, 6) is -0.381. The van der Waals surface area contributed by atoms with Crippen LogP contribution in [0, 0.1) is 11.3 Å². The summed E-state index contributed by atoms with van der Waals surface area (Å²) in [4.78, 5) is 12.1. The minimum absolute atomic E-state index is 0. The number of nitrogens with two attached hydrogens (primary N) is 1. The van der Waals surface area contributed by atoms with Crippen molar-refractivity contribution in [3.05, 3.63) is 71.8 Å². The number of carbonyl (C=O) groups is 1. The maximum absolute atomic E-state index is 12.1. The van der Waals surface area contributed by atoms with Crippen molar-refractivity contribution in [2.24, 2.45) is 5.73 Å². The second kappa shape index (κ2) is 6.71. The number of nitrogens with zero attached hydrogens (tertiary/aromatic N) is 1. The zero-order chi connectivity index (χ0) is 13.7. The van der Waals surface area contributed by atoms with Gasteiger partial charge in [-0.3, -0.25) is 10.5 Å². The summed E-state index contributed by atoms with van der Waals surface area (Å²) < 4.78 is 0. The Balaban J connectivity index is 0.00000200. The smallest absolute Gasteiger partial charge is 0.253 e. The van der Waals surface area contributed by atoms with Crippen molar-refractivity contribution in [3.63, 3.8) is 0 Å². The Bertz CT molecular complexity index is 610. The van der Waals surface area contributed by atoms with Crippen LogP contribution in [0.1, 0.15) is 15.9 Å². The Morgan fingerprint density at radius 3 is 2.05 bits per heavy atom. The monoisotopic (exact) mass is 287 g/mol. The van der Waals surface area contributed by atoms with Gasteiger partial charge in [-0.15, -0.1) is 12.4 Å². The number of carbonyl (C=O) groups excluding carboxylic acids is 1. The fourth-order valence-electron chi connectivity index (χ4n) is 1.71. The molecule has 5 heteroatoms. The molecule has 0 aliphatic rings. The van der Waals surface area contributed by atoms with Crippen molar-refractivity contribution in [2.75, 3.05) is 0 Å². The van der Waals surface area contributed by atoms with Crippen molar-refractivity contribution in [3.8, 4) is 6.07 Å². The molecule has 0 aliphatic heterocycles. The molecule has 1 atom stereocenters. The Labute approximate surface area is 123 Å². The van der Waals surface area contributed by atoms with Gasteiger partial charge in [0.2, 0.25) is 5.66 Å². The van der Waals surface area contributed by atoms with E-state index in [1.54, 1.807) is 48.5 Å². The van der Waals surface area contributed by atoms with Gasteiger partial charge in [-0.2, -0.15) is 5.26 Å². The fraction of sp³-hybridized carbons (Fsp3) is 0.0667. The number of rotatable bonds is 3. The summed E-state index contributed by atoms with van der Waals surface area (Å²) in [5, 5.41) is 11.8. The largest absolute Gasteiger partial charge is 0.318 e. The van der Waals surface area contributed by atoms with Gasteiger partial charge in [-0.05, 0) is 12.1 Å². The Hall–Kier alpha value is -2.35. The van der Waals surface area contributed by atoms with Gasteiger partial charge >= 0.3 is 0 Å². The lowest BCUT2D eigenvalue weighted by Gasteiger charge is -2.23. The van der Waals surface area contributed by atoms with E-state index in [0.717, 1.165) is 0 Å². The minimum atomic E-state index is -1.53. The van der Waals surface area contributed by atoms with Crippen LogP contribution in [0.25, 0.3) is 0 Å². The molecular formula is C15H14ClN3O. The zero-order valence-corrected chi connectivity index (χ0v) is 11.4. The molecule has 2 aromatic carbocycles. The van der Waals surface area contributed by atoms with E-state index in [1.807, 2.05) is 18.2 Å². The number of nitriles is 1. The van der Waals surface area contributed by atoms with E-state index < -0.39 is 5.66 Å². The van der Waals surface area contributed by atoms with E-state index >= 15 is 0 Å². The Kier molecular flexibility index (Phi) is 5.27. The predicted molar refractivity (Wildman–Crippen MR) is 79.1 cm³/mol. The quantitative estimate of drug-likeness (QED) is 0.849. The van der Waals surface area contributed by atoms with Crippen LogP contribution in [0.15, 0.2) is 60.7 Å². The normalized spacial score (nSPS) is 12.4. The third-order valence-corrected chi connectivity index (χ3v) is 2.75. The first-order chi connectivity index (χ1) is 9.15. The van der Waals surface area contributed by atoms with Gasteiger partial charge in [0.15, 0.2) is 0 Å². The van der Waals surface area contributed by atoms with Gasteiger partial charge in [0.25, 0.3) is 5.91 Å². The molecule has 102 valence electrons. The van der Waals surface area contributed by atoms with Gasteiger partial charge < -0.3 is 5.32 Å². The van der Waals surface area contributed by atoms with Gasteiger partial charge in [0, 0.05) is 11.1 Å². The third kappa shape index (κ3) is 3.35. The number of benzene rings is 2. The van der Waals surface area contributed by atoms with Crippen LogP contribution >= 0.6 is 12.4 Å². The molecule has 1 amide bonds. The number of nitrogens with one attached hydrogen (secondary N) is 1. The minimum Gasteiger partial charge on any atom is -0.318 e. The van der Waals surface area contributed by atoms with Crippen molar-refractivity contribution in [2.45, 2.75) is 5.66 Å². The molecule has 20 heavy (non-hydrogen) atoms. The molecule has 0 heterocycles. The lowest BCUT2D eigenvalue weighted by Crippen LogP contribution is -2.52. The molecule has 0 radical (unpaired) electrons. The molecule has 2 aromatic rings. The van der Waals surface area contributed by atoms with Gasteiger partial charge in [-0.1, -0.05) is 48.5 Å². The first-order valence-corrected chi connectivity index (χ1v) is 5.79. The summed E-state index contributed by atoms with van der Waals surface area (Å²) in [6.45, 7) is 0. The van der Waals surface area contributed by atoms with Crippen LogP contribution in [0.4, 0.5) is 0 Å². The van der Waals surface area contributed by atoms with E-state index in [1.165, 1.54) is 0 Å². The van der Waals surface area contributed by atoms with Crippen LogP contribution in [0.3, 0.4) is 0 Å². The molecule has 0 bridgehead atoms. The maximum atomic E-state index is 12.1. The SMILES string of the molecule is Cl.N#C[C@](N)(NC(=O)c1ccccc1)c1ccccc1. The summed E-state index contributed by atoms with van der Waals surface area (Å²) in [5.41, 5.74) is 5.44. The molecule has 0 saturated carbocycles. The van der Waals surface area contributed by atoms with E-state index in [9.17, 15) is 10.1 Å². The highest BCUT2D eigenvalue weighted by atomic mass is 35.5. The second-order valence-electron chi connectivity index (χ2n) is 4.11. The first-order valence-electron chi connectivity index (χ1n) is 5.79. The zero-order valence-electron chi connectivity index (χ0n) is 10.6. The summed E-state index contributed by atoms with van der Waals surface area (Å²) in [6, 6.07) is 19.3. The number of hydrogen-bond acceptors (Lipinski definition) is 3. The number of amides is 1. The number of halogens is 1. The fourth-order valence-corrected chi connectivity index (χ4v) is 1.71. The van der Waals surface area contributed by atoms with Crippen LogP contribution < -0.4 is 11.1 Å². The van der Waals surface area contributed by atoms with Crippen molar-refractivity contribution < 1.29 is 4.79 Å². The van der Waals surface area contributed by atoms with Crippen molar-refractivity contribution in [1.82, 2.24) is 5.32 Å². The van der Waals surface area contributed by atoms with E-state index in [4.69, 9.17) is 5.73 Å². The van der Waals surface area contributed by atoms with Gasteiger partial charge in [0.05, 0.1) is 0 Å². The molecule has 0 spiro atoms. The third-order valence-electron chi connectivity index (χ3n) is 2.75. The van der Waals surface area contributed by atoms with E-state index in [2.05, 4.69) is 5.32 Å². The summed E-state index contributed by atoms with van der Waals surface area (Å²) >= 11 is 0. The summed E-state index contributed by atoms with van der Waals surface area (Å²) in [6.07, 6.45) is 0. The Morgan fingerprint density at radius 1 is 1.05 bits per heavy atom. The lowest BCUT2D eigenvalue weighted by atomic mass is 10.0. The molecule has 0 saturated heterocycles. The molecule has 2 rings (SSSR count). The predicted octanol–water partition coefficient (Wildman–Crippen LogP) is 2.17. The Morgan fingerprint density at radius 2 is 1.55 bits per heavy atom. The lowest BCUT2D eigenvalue weighted by molar-refractivity contribution is 0.0920. The highest BCUT2D eigenvalue weighted by Gasteiger charge is 2.29. The van der Waals surface area contributed by atoms with Crippen LogP contribution in [0.2, 0.25) is 0 Å². The molecule has 0 unspecified atom stereocenters. The van der Waals surface area contributed by atoms with Crippen LogP contribution in [0.5, 0.6) is 0 Å². The van der Waals surface area contributed by atoms with Crippen molar-refractivity contribution >= 4 is 18.3 Å². The molecule has 4 nitrogen and oxygen atoms in total. The molecule has 0 fully saturated rings. The number of hydrogen-bond donors (Lipinski definition) is 2. The molecule has 3 N–H and O–H groups in total. The highest BCUT2D eigenvalue weighted by Crippen LogP contribution is 2.14. The van der Waals surface area contributed by atoms with Crippen molar-refractivity contribution in [1.29, 1.82) is 5.26 Å². The molecular weight excluding hydrogens is 274 g/mol. The molecule has 0 aromatic heterocycles. The van der Waals surface area contributed by atoms with E-state index in [0.29, 0.717) is 11.1 Å². The van der Waals surface area contributed by atoms with Gasteiger partial charge in [0.1, 0.15) is 6.07 Å². The highest BCUT2D eigenvalue weighted by molar-refractivity contribution is 5.94. The van der Waals surface area contributed by atoms with E-state index in [-0.39, 0.29) is 18.3 Å². The topological polar surface area (TPSA) is 78.9 Å². The summed E-state index contributed by atoms with van der Waals surface area (Å²) in [7, 11) is 0. The second-order valence-corrected chi connectivity index (χ2v) is 4.11. The van der Waals surface area contributed by atoms with Crippen LogP contribution in [-0.2, 0) is 5.66 Å². The first kappa shape index (κ1) is 15.7. The molecule has 0 aliphatic carbocycles. The van der Waals surface area contributed by atoms with Crippen LogP contribution in [-0.4, -0.2) is 5.91 Å². The average Bonchev–Trinajstić information content (AvgIpc) is 2.49. The maximum Gasteiger partial charge on any atom is 0.253 e. The standard InChI is InChI=1S/C15H13N3O.ClH/c16-11-15(17,13-9-5-2-6-10-13)18-14(19)12-7-3-1-4-8-12;/h1-10H,17H2,(H,18,19);1H/t15-;/m0./s1.